The number of rotatable bonds is 8. The number of nitrogens with one attached hydrogen (secondary N) is 1. The molecule has 5 nitrogen and oxygen atoms in total. The van der Waals surface area contributed by atoms with E-state index in [1.54, 1.807) is 29.1 Å². The lowest BCUT2D eigenvalue weighted by atomic mass is 9.88. The third kappa shape index (κ3) is 5.05. The quantitative estimate of drug-likeness (QED) is 0.267. The van der Waals surface area contributed by atoms with Crippen molar-refractivity contribution in [3.63, 3.8) is 0 Å². The number of hydrogen-bond donors (Lipinski definition) is 1. The van der Waals surface area contributed by atoms with Crippen LogP contribution in [0, 0.1) is 0 Å². The first kappa shape index (κ1) is 22.7. The van der Waals surface area contributed by atoms with Crippen molar-refractivity contribution in [1.82, 2.24) is 15.1 Å². The van der Waals surface area contributed by atoms with Gasteiger partial charge in [-0.15, -0.1) is 0 Å². The van der Waals surface area contributed by atoms with Gasteiger partial charge in [0.25, 0.3) is 5.91 Å². The van der Waals surface area contributed by atoms with Gasteiger partial charge in [-0.25, -0.2) is 4.68 Å². The highest BCUT2D eigenvalue weighted by molar-refractivity contribution is 6.32. The molecule has 2 heterocycles. The molecule has 1 N–H and O–H groups in total. The molecule has 0 radical (unpaired) electrons. The number of furan rings is 1. The molecule has 5 aromatic rings. The zero-order valence-corrected chi connectivity index (χ0v) is 19.7. The summed E-state index contributed by atoms with van der Waals surface area (Å²) in [5, 5.41) is 8.21. The number of nitrogens with zero attached hydrogens (tertiary/aromatic N) is 2. The third-order valence-electron chi connectivity index (χ3n) is 5.92. The topological polar surface area (TPSA) is 60.1 Å². The summed E-state index contributed by atoms with van der Waals surface area (Å²) in [7, 11) is 0. The Hall–Kier alpha value is -4.09. The predicted octanol–water partition coefficient (Wildman–Crippen LogP) is 6.74. The molecule has 0 spiro atoms. The van der Waals surface area contributed by atoms with Gasteiger partial charge in [0.05, 0.1) is 17.0 Å². The first-order valence-electron chi connectivity index (χ1n) is 11.5. The Kier molecular flexibility index (Phi) is 6.77. The van der Waals surface area contributed by atoms with E-state index in [1.165, 1.54) is 11.1 Å². The summed E-state index contributed by atoms with van der Waals surface area (Å²) in [6.45, 7) is 0.497. The van der Waals surface area contributed by atoms with Crippen molar-refractivity contribution in [2.45, 2.75) is 12.3 Å². The van der Waals surface area contributed by atoms with E-state index in [0.717, 1.165) is 6.42 Å². The van der Waals surface area contributed by atoms with Crippen molar-refractivity contribution >= 4 is 17.5 Å². The van der Waals surface area contributed by atoms with Gasteiger partial charge in [0, 0.05) is 18.5 Å². The van der Waals surface area contributed by atoms with E-state index >= 15 is 0 Å². The van der Waals surface area contributed by atoms with Crippen molar-refractivity contribution in [1.29, 1.82) is 0 Å². The SMILES string of the molecule is O=C(NCCC(c1ccccc1)c1ccccc1)c1cc(-c2ccco2)nn1-c1ccccc1Cl. The molecule has 6 heteroatoms. The lowest BCUT2D eigenvalue weighted by Crippen LogP contribution is -2.28. The normalized spacial score (nSPS) is 11.0. The number of halogens is 1. The molecule has 0 saturated carbocycles. The highest BCUT2D eigenvalue weighted by Crippen LogP contribution is 2.28. The van der Waals surface area contributed by atoms with Gasteiger partial charge in [-0.05, 0) is 41.8 Å². The lowest BCUT2D eigenvalue weighted by Gasteiger charge is -2.18. The van der Waals surface area contributed by atoms with Crippen molar-refractivity contribution in [2.75, 3.05) is 6.54 Å². The average molecular weight is 482 g/mol. The van der Waals surface area contributed by atoms with Crippen LogP contribution in [0.15, 0.2) is 114 Å². The largest absolute Gasteiger partial charge is 0.463 e. The summed E-state index contributed by atoms with van der Waals surface area (Å²) in [6.07, 6.45) is 2.34. The first-order valence-corrected chi connectivity index (χ1v) is 11.9. The predicted molar refractivity (Wildman–Crippen MR) is 138 cm³/mol. The average Bonchev–Trinajstić information content (AvgIpc) is 3.58. The summed E-state index contributed by atoms with van der Waals surface area (Å²) < 4.78 is 7.07. The first-order chi connectivity index (χ1) is 17.2. The van der Waals surface area contributed by atoms with Gasteiger partial charge in [0.1, 0.15) is 11.4 Å². The van der Waals surface area contributed by atoms with Gasteiger partial charge < -0.3 is 9.73 Å². The van der Waals surface area contributed by atoms with E-state index in [2.05, 4.69) is 34.7 Å². The van der Waals surface area contributed by atoms with E-state index in [-0.39, 0.29) is 11.8 Å². The van der Waals surface area contributed by atoms with E-state index in [9.17, 15) is 4.79 Å². The maximum Gasteiger partial charge on any atom is 0.270 e. The summed E-state index contributed by atoms with van der Waals surface area (Å²) in [5.41, 5.74) is 4.01. The van der Waals surface area contributed by atoms with E-state index in [4.69, 9.17) is 16.0 Å². The van der Waals surface area contributed by atoms with Gasteiger partial charge in [-0.1, -0.05) is 84.4 Å². The smallest absolute Gasteiger partial charge is 0.270 e. The molecule has 0 bridgehead atoms. The minimum absolute atomic E-state index is 0.171. The second-order valence-electron chi connectivity index (χ2n) is 8.17. The molecule has 0 aliphatic heterocycles. The number of benzene rings is 3. The molecule has 2 aromatic heterocycles. The Morgan fingerprint density at radius 1 is 0.886 bits per heavy atom. The fourth-order valence-electron chi connectivity index (χ4n) is 4.21. The summed E-state index contributed by atoms with van der Waals surface area (Å²) in [6, 6.07) is 33.3. The van der Waals surface area contributed by atoms with Gasteiger partial charge in [0.15, 0.2) is 5.76 Å². The number of aromatic nitrogens is 2. The van der Waals surface area contributed by atoms with E-state index in [0.29, 0.717) is 34.4 Å². The summed E-state index contributed by atoms with van der Waals surface area (Å²) in [5.74, 6) is 0.526. The zero-order valence-electron chi connectivity index (χ0n) is 19.0. The van der Waals surface area contributed by atoms with Crippen LogP contribution in [0.25, 0.3) is 17.1 Å². The lowest BCUT2D eigenvalue weighted by molar-refractivity contribution is 0.0945. The van der Waals surface area contributed by atoms with E-state index in [1.807, 2.05) is 60.7 Å². The van der Waals surface area contributed by atoms with Crippen LogP contribution in [0.5, 0.6) is 0 Å². The van der Waals surface area contributed by atoms with E-state index < -0.39 is 0 Å². The van der Waals surface area contributed by atoms with Crippen LogP contribution in [0.3, 0.4) is 0 Å². The highest BCUT2D eigenvalue weighted by atomic mass is 35.5. The Labute approximate surface area is 209 Å². The molecule has 0 fully saturated rings. The Balaban J connectivity index is 1.39. The van der Waals surface area contributed by atoms with Crippen molar-refractivity contribution in [2.24, 2.45) is 0 Å². The monoisotopic (exact) mass is 481 g/mol. The van der Waals surface area contributed by atoms with Crippen LogP contribution in [-0.4, -0.2) is 22.2 Å². The molecule has 174 valence electrons. The van der Waals surface area contributed by atoms with Gasteiger partial charge in [-0.2, -0.15) is 5.10 Å². The van der Waals surface area contributed by atoms with Gasteiger partial charge in [0.2, 0.25) is 0 Å². The Bertz CT molecular complexity index is 1360. The van der Waals surface area contributed by atoms with Crippen molar-refractivity contribution in [3.05, 3.63) is 131 Å². The van der Waals surface area contributed by atoms with Crippen LogP contribution >= 0.6 is 11.6 Å². The van der Waals surface area contributed by atoms with Crippen LogP contribution in [0.4, 0.5) is 0 Å². The van der Waals surface area contributed by atoms with Crippen LogP contribution in [0.2, 0.25) is 5.02 Å². The van der Waals surface area contributed by atoms with Crippen LogP contribution in [0.1, 0.15) is 34.0 Å². The highest BCUT2D eigenvalue weighted by Gasteiger charge is 2.21. The van der Waals surface area contributed by atoms with Gasteiger partial charge in [-0.3, -0.25) is 4.79 Å². The number of para-hydroxylation sites is 1. The minimum Gasteiger partial charge on any atom is -0.463 e. The molecule has 1 amide bonds. The molecule has 0 aliphatic rings. The Morgan fingerprint density at radius 2 is 1.54 bits per heavy atom. The number of carbonyl (C=O) groups excluding carboxylic acids is 1. The zero-order chi connectivity index (χ0) is 24.0. The molecule has 0 unspecified atom stereocenters. The maximum absolute atomic E-state index is 13.3. The second-order valence-corrected chi connectivity index (χ2v) is 8.58. The standard InChI is InChI=1S/C29H24ClN3O2/c30-24-14-7-8-15-26(24)33-27(20-25(32-33)28-16-9-19-35-28)29(34)31-18-17-23(21-10-3-1-4-11-21)22-12-5-2-6-13-22/h1-16,19-20,23H,17-18H2,(H,31,34). The fourth-order valence-corrected chi connectivity index (χ4v) is 4.43. The number of hydrogen-bond acceptors (Lipinski definition) is 3. The summed E-state index contributed by atoms with van der Waals surface area (Å²) in [4.78, 5) is 13.3. The molecule has 35 heavy (non-hydrogen) atoms. The summed E-state index contributed by atoms with van der Waals surface area (Å²) >= 11 is 6.44. The fraction of sp³-hybridized carbons (Fsp3) is 0.103. The van der Waals surface area contributed by atoms with Crippen LogP contribution in [-0.2, 0) is 0 Å². The molecule has 0 atom stereocenters. The molecule has 0 aliphatic carbocycles. The molecular formula is C29H24ClN3O2. The molecular weight excluding hydrogens is 458 g/mol. The molecule has 3 aromatic carbocycles. The Morgan fingerprint density at radius 3 is 2.17 bits per heavy atom. The number of carbonyl (C=O) groups is 1. The maximum atomic E-state index is 13.3. The van der Waals surface area contributed by atoms with Crippen molar-refractivity contribution < 1.29 is 9.21 Å². The molecule has 0 saturated heterocycles. The second kappa shape index (κ2) is 10.5. The third-order valence-corrected chi connectivity index (χ3v) is 6.24. The van der Waals surface area contributed by atoms with Crippen molar-refractivity contribution in [3.8, 4) is 17.1 Å². The minimum atomic E-state index is -0.227. The van der Waals surface area contributed by atoms with Crippen LogP contribution < -0.4 is 5.32 Å². The molecule has 5 rings (SSSR count). The number of amides is 1. The van der Waals surface area contributed by atoms with Gasteiger partial charge >= 0.3 is 0 Å².